The number of aliphatic imine (C=N–C) groups is 1. The van der Waals surface area contributed by atoms with Crippen LogP contribution < -0.4 is 71.0 Å². The number of likely N-dealkylation sites (tertiary alicyclic amines) is 1. The van der Waals surface area contributed by atoms with E-state index in [1.165, 1.54) is 31.3 Å². The van der Waals surface area contributed by atoms with Crippen molar-refractivity contribution < 1.29 is 78.0 Å². The molecule has 4 aromatic rings. The van der Waals surface area contributed by atoms with Crippen LogP contribution >= 0.6 is 0 Å². The normalized spacial score (nSPS) is 16.6. The summed E-state index contributed by atoms with van der Waals surface area (Å²) in [5, 5.41) is 60.0. The largest absolute Gasteiger partial charge is 0.508 e. The predicted octanol–water partition coefficient (Wildman–Crippen LogP) is -3.53. The molecular weight excluding hydrogens is 1200 g/mol. The molecule has 7 unspecified atom stereocenters. The first-order chi connectivity index (χ1) is 43.4. The Bertz CT molecular complexity index is 3290. The molecule has 5 rings (SSSR count). The maximum absolute atomic E-state index is 15.7. The molecule has 0 spiro atoms. The third-order valence-electron chi connectivity index (χ3n) is 14.5. The average Bonchev–Trinajstić information content (AvgIpc) is 0.826. The van der Waals surface area contributed by atoms with Crippen molar-refractivity contribution in [3.05, 3.63) is 102 Å². The molecular formula is C60H84N16O16. The second-order valence-corrected chi connectivity index (χ2v) is 22.4. The molecule has 0 aliphatic carbocycles. The molecule has 92 heavy (non-hydrogen) atoms. The lowest BCUT2D eigenvalue weighted by Gasteiger charge is -2.37. The summed E-state index contributed by atoms with van der Waals surface area (Å²) in [5.41, 5.74) is 18.6. The van der Waals surface area contributed by atoms with Gasteiger partial charge in [-0.05, 0) is 73.4 Å². The molecule has 0 saturated carbocycles. The number of fused-ring (bicyclic) bond motifs is 1. The zero-order valence-electron chi connectivity index (χ0n) is 51.8. The van der Waals surface area contributed by atoms with Crippen LogP contribution in [0.2, 0.25) is 0 Å². The zero-order valence-corrected chi connectivity index (χ0v) is 51.8. The Morgan fingerprint density at radius 1 is 0.728 bits per heavy atom. The fraction of sp³-hybridized carbons (Fsp3) is 0.450. The third kappa shape index (κ3) is 22.4. The maximum atomic E-state index is 15.7. The monoisotopic (exact) mass is 1280 g/mol. The van der Waals surface area contributed by atoms with E-state index < -0.39 is 163 Å². The van der Waals surface area contributed by atoms with Crippen molar-refractivity contribution in [3.8, 4) is 5.75 Å². The highest BCUT2D eigenvalue weighted by atomic mass is 16.4. The number of hydrazine groups is 1. The van der Waals surface area contributed by atoms with Gasteiger partial charge in [-0.3, -0.25) is 63.2 Å². The Kier molecular flexibility index (Phi) is 28.5. The van der Waals surface area contributed by atoms with Crippen LogP contribution in [-0.4, -0.2) is 187 Å². The predicted molar refractivity (Wildman–Crippen MR) is 333 cm³/mol. The number of aliphatic carboxylic acids is 1. The van der Waals surface area contributed by atoms with Crippen LogP contribution in [0.3, 0.4) is 0 Å². The number of aromatic amines is 1. The Morgan fingerprint density at radius 3 is 1.91 bits per heavy atom. The number of aliphatic hydroxyl groups excluding tert-OH is 2. The quantitative estimate of drug-likeness (QED) is 0.00441. The number of nitrogens with one attached hydrogen (secondary N) is 10. The molecule has 3 aromatic carbocycles. The van der Waals surface area contributed by atoms with E-state index in [9.17, 15) is 58.5 Å². The number of hydrogen-bond donors (Lipinski definition) is 18. The molecule has 2 heterocycles. The van der Waals surface area contributed by atoms with E-state index in [0.29, 0.717) is 16.7 Å². The standard InChI is InChI=1S/C58H80N16O14.C2H4O2/c1-30(2)27-58(72-57(88)73-62,55(87)70-40(16-11-21-64-56(61)63-5)50(82)68-42(49(60)81)24-35-28-65-39-15-10-9-14-38(35)39)48(80)41(22-33-12-7-6-8-13-33)67-53(85)47(31(3)75)71-51(83)43(26-46(59)79)69-52(84)45-25-37(78)29-74(45)54(86)44(66-32(4)76)23-34-17-19-36(77)20-18-34;1-2(3)4/h6-10,12-15,17-20,28,30-31,37,40-45,47,65,75,77-78H,11,16,21-27,29,62H2,1-5H3,(H2,59,79)(H2,60,81)(H,66,76)(H,67,85)(H,68,82)(H,69,84)(H,70,87)(H,71,83)(H3,61,63,64)(H2,72,73,88);1H3,(H,3,4)/t31?,37-,40?,41?,42?,43?,44?,45+,47?,58-;/m1./s1. The number of aliphatic hydroxyl groups is 2. The lowest BCUT2D eigenvalue weighted by molar-refractivity contribution is -0.143. The summed E-state index contributed by atoms with van der Waals surface area (Å²) in [6.45, 7) is 6.26. The van der Waals surface area contributed by atoms with Crippen LogP contribution in [0.4, 0.5) is 4.79 Å². The molecule has 1 aliphatic rings. The molecule has 0 bridgehead atoms. The fourth-order valence-electron chi connectivity index (χ4n) is 10.3. The number of para-hydroxylation sites is 1. The van der Waals surface area contributed by atoms with Crippen molar-refractivity contribution in [1.29, 1.82) is 0 Å². The number of amides is 11. The number of carboxylic acid groups (broad SMARTS) is 1. The summed E-state index contributed by atoms with van der Waals surface area (Å²) >= 11 is 0. The minimum Gasteiger partial charge on any atom is -0.508 e. The van der Waals surface area contributed by atoms with E-state index in [2.05, 4.69) is 52.5 Å². The highest BCUT2D eigenvalue weighted by molar-refractivity contribution is 6.16. The summed E-state index contributed by atoms with van der Waals surface area (Å²) in [7, 11) is 1.44. The van der Waals surface area contributed by atoms with Gasteiger partial charge in [-0.15, -0.1) is 0 Å². The van der Waals surface area contributed by atoms with E-state index >= 15 is 9.59 Å². The molecule has 32 nitrogen and oxygen atoms in total. The van der Waals surface area contributed by atoms with Gasteiger partial charge < -0.3 is 90.0 Å². The molecule has 1 fully saturated rings. The second kappa shape index (κ2) is 35.3. The van der Waals surface area contributed by atoms with Crippen molar-refractivity contribution in [1.82, 2.24) is 57.8 Å². The SMILES string of the molecule is CC(=O)O.CN=C(N)NCCCC(NC(=O)[C@](CC(C)C)(NC(=O)NN)C(=O)C(Cc1ccccc1)NC(=O)C(NC(=O)C(CC(N)=O)NC(=O)[C@@H]1C[C@@H](O)CN1C(=O)C(Cc1ccc(O)cc1)NC(C)=O)C(C)O)C(=O)NC(Cc1c[nH]c2ccccc12)C(N)=O. The van der Waals surface area contributed by atoms with Gasteiger partial charge >= 0.3 is 6.03 Å². The van der Waals surface area contributed by atoms with Gasteiger partial charge in [0.1, 0.15) is 42.0 Å². The van der Waals surface area contributed by atoms with Crippen molar-refractivity contribution in [2.45, 2.75) is 146 Å². The number of guanidine groups is 1. The molecule has 32 heteroatoms. The number of Topliss-reactive ketones (excluding diaryl/α,β-unsaturated/α-hetero) is 1. The number of phenols is 1. The molecule has 1 aromatic heterocycles. The van der Waals surface area contributed by atoms with Gasteiger partial charge in [0.05, 0.1) is 24.7 Å². The van der Waals surface area contributed by atoms with E-state index in [0.717, 1.165) is 36.6 Å². The van der Waals surface area contributed by atoms with Gasteiger partial charge in [-0.1, -0.05) is 74.5 Å². The number of nitrogens with two attached hydrogens (primary N) is 4. The van der Waals surface area contributed by atoms with Crippen LogP contribution in [0.15, 0.2) is 90.1 Å². The van der Waals surface area contributed by atoms with Crippen molar-refractivity contribution in [3.63, 3.8) is 0 Å². The molecule has 1 saturated heterocycles. The Labute approximate surface area is 529 Å². The van der Waals surface area contributed by atoms with Gasteiger partial charge in [0.25, 0.3) is 11.9 Å². The summed E-state index contributed by atoms with van der Waals surface area (Å²) in [5.74, 6) is -6.40. The summed E-state index contributed by atoms with van der Waals surface area (Å²) < 4.78 is 0. The number of carboxylic acids is 1. The van der Waals surface area contributed by atoms with Gasteiger partial charge in [0, 0.05) is 70.3 Å². The number of carbonyl (C=O) groups is 12. The number of aromatic nitrogens is 1. The summed E-state index contributed by atoms with van der Waals surface area (Å²) in [6, 6.07) is 8.23. The first kappa shape index (κ1) is 74.3. The first-order valence-electron chi connectivity index (χ1n) is 29.3. The molecule has 500 valence electrons. The van der Waals surface area contributed by atoms with Crippen LogP contribution in [0.25, 0.3) is 10.9 Å². The minimum absolute atomic E-state index is 0.0544. The molecule has 1 aliphatic heterocycles. The van der Waals surface area contributed by atoms with Crippen LogP contribution in [0, 0.1) is 5.92 Å². The van der Waals surface area contributed by atoms with E-state index in [1.807, 2.05) is 11.5 Å². The van der Waals surface area contributed by atoms with Gasteiger partial charge in [0.15, 0.2) is 17.3 Å². The average molecular weight is 1290 g/mol. The number of aromatic hydroxyl groups is 1. The van der Waals surface area contributed by atoms with Crippen molar-refractivity contribution in [2.24, 2.45) is 34.0 Å². The maximum Gasteiger partial charge on any atom is 0.330 e. The van der Waals surface area contributed by atoms with Gasteiger partial charge in [-0.2, -0.15) is 0 Å². The topological polar surface area (TPSA) is 530 Å². The third-order valence-corrected chi connectivity index (χ3v) is 14.5. The van der Waals surface area contributed by atoms with Crippen molar-refractivity contribution in [2.75, 3.05) is 20.1 Å². The number of urea groups is 1. The number of ketones is 1. The molecule has 22 N–H and O–H groups in total. The van der Waals surface area contributed by atoms with Crippen LogP contribution in [-0.2, 0) is 72.0 Å². The number of nitrogens with zero attached hydrogens (tertiary/aromatic N) is 2. The first-order valence-corrected chi connectivity index (χ1v) is 29.3. The van der Waals surface area contributed by atoms with Gasteiger partial charge in [-0.25, -0.2) is 10.6 Å². The van der Waals surface area contributed by atoms with Crippen molar-refractivity contribution >= 4 is 87.8 Å². The number of rotatable bonds is 31. The van der Waals surface area contributed by atoms with Crippen LogP contribution in [0.1, 0.15) is 83.4 Å². The second-order valence-electron chi connectivity index (χ2n) is 22.4. The van der Waals surface area contributed by atoms with Crippen LogP contribution in [0.5, 0.6) is 5.75 Å². The number of carbonyl (C=O) groups excluding carboxylic acids is 11. The lowest BCUT2D eigenvalue weighted by Crippen LogP contribution is -2.71. The molecule has 11 amide bonds. The Balaban J connectivity index is 0.00000438. The Hall–Kier alpha value is -10.2. The number of H-pyrrole nitrogens is 1. The number of benzene rings is 3. The summed E-state index contributed by atoms with van der Waals surface area (Å²) in [4.78, 5) is 171. The molecule has 0 radical (unpaired) electrons. The zero-order chi connectivity index (χ0) is 68.6. The number of β-amino-alcohol motifs (C(OH)–C–C–N with tert-alkyl or cyclic N) is 1. The number of phenolic OH excluding ortho intramolecular Hbond substituents is 1. The van der Waals surface area contributed by atoms with E-state index in [1.54, 1.807) is 68.6 Å². The minimum atomic E-state index is -2.73. The highest BCUT2D eigenvalue weighted by Crippen LogP contribution is 2.26. The van der Waals surface area contributed by atoms with Gasteiger partial charge in [0.2, 0.25) is 47.3 Å². The highest BCUT2D eigenvalue weighted by Gasteiger charge is 2.52. The summed E-state index contributed by atoms with van der Waals surface area (Å²) in [6.07, 6.45) is -3.92. The smallest absolute Gasteiger partial charge is 0.330 e. The number of hydrogen-bond acceptors (Lipinski definition) is 17. The van der Waals surface area contributed by atoms with E-state index in [-0.39, 0.29) is 50.4 Å². The van der Waals surface area contributed by atoms with E-state index in [4.69, 9.17) is 32.9 Å². The molecule has 10 atom stereocenters. The Morgan fingerprint density at radius 2 is 1.33 bits per heavy atom. The number of primary amides is 2. The lowest BCUT2D eigenvalue weighted by atomic mass is 9.79. The fourth-order valence-corrected chi connectivity index (χ4v) is 10.3.